The fourth-order valence-electron chi connectivity index (χ4n) is 3.44. The Bertz CT molecular complexity index is 725. The Labute approximate surface area is 230 Å². The third-order valence-corrected chi connectivity index (χ3v) is 5.79. The summed E-state index contributed by atoms with van der Waals surface area (Å²) in [5.41, 5.74) is 5.39. The highest BCUT2D eigenvalue weighted by molar-refractivity contribution is 5.83. The third kappa shape index (κ3) is 21.8. The summed E-state index contributed by atoms with van der Waals surface area (Å²) in [6, 6.07) is 0. The number of rotatable bonds is 24. The fourth-order valence-corrected chi connectivity index (χ4v) is 3.44. The maximum Gasteiger partial charge on any atom is 0.246 e. The van der Waals surface area contributed by atoms with Crippen molar-refractivity contribution in [3.8, 4) is 0 Å². The van der Waals surface area contributed by atoms with Crippen LogP contribution in [0.3, 0.4) is 0 Å². The lowest BCUT2D eigenvalue weighted by molar-refractivity contribution is -0.166. The molecule has 39 heavy (non-hydrogen) atoms. The van der Waals surface area contributed by atoms with Crippen LogP contribution < -0.4 is 21.7 Å². The normalized spacial score (nSPS) is 10.6. The van der Waals surface area contributed by atoms with Gasteiger partial charge in [-0.25, -0.2) is 10.1 Å². The Kier molecular flexibility index (Phi) is 22.5. The smallest absolute Gasteiger partial charge is 0.246 e. The topological polar surface area (TPSA) is 215 Å². The Hall–Kier alpha value is -2.81. The van der Waals surface area contributed by atoms with Crippen molar-refractivity contribution in [3.05, 3.63) is 0 Å². The minimum absolute atomic E-state index is 0.0176. The number of carbonyl (C=O) groups excluding carboxylic acids is 5. The minimum Gasteiger partial charge on any atom is -0.387 e. The number of nitrogens with zero attached hydrogens (tertiary/aromatic N) is 2. The van der Waals surface area contributed by atoms with Gasteiger partial charge in [0.1, 0.15) is 6.61 Å². The van der Waals surface area contributed by atoms with Crippen molar-refractivity contribution in [1.82, 2.24) is 26.1 Å². The molecule has 0 aromatic heterocycles. The van der Waals surface area contributed by atoms with E-state index in [1.54, 1.807) is 0 Å². The van der Waals surface area contributed by atoms with Gasteiger partial charge in [-0.05, 0) is 57.9 Å². The van der Waals surface area contributed by atoms with Gasteiger partial charge in [0.25, 0.3) is 0 Å². The summed E-state index contributed by atoms with van der Waals surface area (Å²) in [6.45, 7) is 1.68. The number of unbranched alkanes of at least 4 members (excludes halogenated alkanes) is 6. The molecule has 0 bridgehead atoms. The molecule has 0 aromatic rings. The van der Waals surface area contributed by atoms with E-state index in [9.17, 15) is 34.4 Å². The van der Waals surface area contributed by atoms with E-state index in [2.05, 4.69) is 16.0 Å². The number of aliphatic hydroxyl groups is 1. The number of carbonyl (C=O) groups is 5. The predicted octanol–water partition coefficient (Wildman–Crippen LogP) is -0.207. The van der Waals surface area contributed by atoms with E-state index in [-0.39, 0.29) is 50.6 Å². The third-order valence-electron chi connectivity index (χ3n) is 5.79. The molecular formula is C25H48N6O8. The lowest BCUT2D eigenvalue weighted by Gasteiger charge is -2.15. The number of hydroxylamine groups is 4. The van der Waals surface area contributed by atoms with Crippen LogP contribution in [0, 0.1) is 0 Å². The van der Waals surface area contributed by atoms with E-state index in [1.807, 2.05) is 0 Å². The molecule has 0 aliphatic carbocycles. The highest BCUT2D eigenvalue weighted by atomic mass is 16.5. The van der Waals surface area contributed by atoms with Gasteiger partial charge in [0.05, 0.1) is 0 Å². The van der Waals surface area contributed by atoms with Gasteiger partial charge in [-0.1, -0.05) is 6.42 Å². The molecule has 226 valence electrons. The van der Waals surface area contributed by atoms with Crippen molar-refractivity contribution in [2.24, 2.45) is 5.73 Å². The molecule has 0 rings (SSSR count). The van der Waals surface area contributed by atoms with Crippen molar-refractivity contribution < 1.29 is 39.5 Å². The Morgan fingerprint density at radius 3 is 1.33 bits per heavy atom. The second kappa shape index (κ2) is 24.2. The van der Waals surface area contributed by atoms with Crippen LogP contribution in [-0.4, -0.2) is 101 Å². The van der Waals surface area contributed by atoms with Gasteiger partial charge in [0, 0.05) is 58.4 Å². The van der Waals surface area contributed by atoms with E-state index < -0.39 is 24.3 Å². The maximum absolute atomic E-state index is 12.0. The Morgan fingerprint density at radius 2 is 0.923 bits per heavy atom. The zero-order valence-electron chi connectivity index (χ0n) is 23.0. The van der Waals surface area contributed by atoms with Crippen LogP contribution in [0.25, 0.3) is 0 Å². The molecule has 0 unspecified atom stereocenters. The van der Waals surface area contributed by atoms with Crippen molar-refractivity contribution >= 4 is 29.5 Å². The highest BCUT2D eigenvalue weighted by Crippen LogP contribution is 2.03. The summed E-state index contributed by atoms with van der Waals surface area (Å²) >= 11 is 0. The lowest BCUT2D eigenvalue weighted by atomic mass is 10.2. The SMILES string of the molecule is NCCCCCN(O)C(=O)CCC(=O)NCCCCCN(O)C(=O)CCC(=O)NCCCCCNC(=O)CO. The van der Waals surface area contributed by atoms with Gasteiger partial charge < -0.3 is 26.8 Å². The average Bonchev–Trinajstić information content (AvgIpc) is 2.93. The molecule has 0 atom stereocenters. The maximum atomic E-state index is 12.0. The second-order valence-electron chi connectivity index (χ2n) is 9.21. The summed E-state index contributed by atoms with van der Waals surface area (Å²) in [7, 11) is 0. The van der Waals surface area contributed by atoms with Gasteiger partial charge >= 0.3 is 0 Å². The number of aliphatic hydroxyl groups excluding tert-OH is 1. The van der Waals surface area contributed by atoms with Crippen LogP contribution in [0.5, 0.6) is 0 Å². The zero-order valence-corrected chi connectivity index (χ0v) is 23.0. The van der Waals surface area contributed by atoms with Crippen molar-refractivity contribution in [3.63, 3.8) is 0 Å². The largest absolute Gasteiger partial charge is 0.387 e. The predicted molar refractivity (Wildman–Crippen MR) is 142 cm³/mol. The summed E-state index contributed by atoms with van der Waals surface area (Å²) in [6.07, 6.45) is 6.11. The fraction of sp³-hybridized carbons (Fsp3) is 0.800. The zero-order chi connectivity index (χ0) is 29.3. The van der Waals surface area contributed by atoms with E-state index in [1.165, 1.54) is 0 Å². The van der Waals surface area contributed by atoms with E-state index in [0.717, 1.165) is 32.1 Å². The summed E-state index contributed by atoms with van der Waals surface area (Å²) in [5, 5.41) is 37.3. The number of amides is 5. The molecule has 14 nitrogen and oxygen atoms in total. The van der Waals surface area contributed by atoms with Crippen LogP contribution in [0.2, 0.25) is 0 Å². The van der Waals surface area contributed by atoms with Crippen LogP contribution in [-0.2, 0) is 24.0 Å². The first-order valence-corrected chi connectivity index (χ1v) is 13.8. The minimum atomic E-state index is -0.542. The lowest BCUT2D eigenvalue weighted by Crippen LogP contribution is -2.31. The van der Waals surface area contributed by atoms with Crippen molar-refractivity contribution in [1.29, 1.82) is 0 Å². The molecule has 0 saturated heterocycles. The van der Waals surface area contributed by atoms with E-state index in [4.69, 9.17) is 10.8 Å². The molecule has 0 aromatic carbocycles. The van der Waals surface area contributed by atoms with Crippen LogP contribution in [0.15, 0.2) is 0 Å². The molecule has 0 spiro atoms. The van der Waals surface area contributed by atoms with Gasteiger partial charge in [0.15, 0.2) is 0 Å². The van der Waals surface area contributed by atoms with Crippen molar-refractivity contribution in [2.45, 2.75) is 83.5 Å². The first kappa shape index (κ1) is 36.2. The van der Waals surface area contributed by atoms with Gasteiger partial charge in [-0.3, -0.25) is 34.4 Å². The van der Waals surface area contributed by atoms with Gasteiger partial charge in [-0.15, -0.1) is 0 Å². The van der Waals surface area contributed by atoms with E-state index in [0.29, 0.717) is 62.0 Å². The molecule has 8 N–H and O–H groups in total. The summed E-state index contributed by atoms with van der Waals surface area (Å²) in [4.78, 5) is 58.4. The molecule has 5 amide bonds. The number of hydrogen-bond acceptors (Lipinski definition) is 9. The van der Waals surface area contributed by atoms with Crippen LogP contribution in [0.4, 0.5) is 0 Å². The standard InChI is InChI=1S/C25H48N6O8/c26-14-4-1-8-18-30(38)24(36)12-11-22(34)28-16-7-3-9-19-31(39)25(37)13-10-21(33)27-15-5-2-6-17-29-23(35)20-32/h32,38-39H,1-20,26H2,(H,27,33)(H,28,34)(H,29,35). The van der Waals surface area contributed by atoms with Crippen LogP contribution in [0.1, 0.15) is 83.5 Å². The summed E-state index contributed by atoms with van der Waals surface area (Å²) < 4.78 is 0. The van der Waals surface area contributed by atoms with Crippen molar-refractivity contribution in [2.75, 3.05) is 45.9 Å². The van der Waals surface area contributed by atoms with Gasteiger partial charge in [0.2, 0.25) is 29.5 Å². The molecule has 0 aliphatic rings. The monoisotopic (exact) mass is 560 g/mol. The molecule has 0 aliphatic heterocycles. The quantitative estimate of drug-likeness (QED) is 0.0472. The molecule has 0 heterocycles. The summed E-state index contributed by atoms with van der Waals surface area (Å²) in [5.74, 6) is -2.03. The number of hydrogen-bond donors (Lipinski definition) is 7. The Morgan fingerprint density at radius 1 is 0.538 bits per heavy atom. The highest BCUT2D eigenvalue weighted by Gasteiger charge is 2.14. The molecule has 0 radical (unpaired) electrons. The second-order valence-corrected chi connectivity index (χ2v) is 9.21. The average molecular weight is 561 g/mol. The number of nitrogens with one attached hydrogen (secondary N) is 3. The first-order chi connectivity index (χ1) is 18.7. The van der Waals surface area contributed by atoms with Gasteiger partial charge in [-0.2, -0.15) is 0 Å². The first-order valence-electron chi connectivity index (χ1n) is 13.8. The Balaban J connectivity index is 3.72. The van der Waals surface area contributed by atoms with Crippen LogP contribution >= 0.6 is 0 Å². The number of nitrogens with two attached hydrogens (primary N) is 1. The molecule has 0 fully saturated rings. The molecular weight excluding hydrogens is 512 g/mol. The van der Waals surface area contributed by atoms with E-state index >= 15 is 0 Å². The molecule has 14 heteroatoms. The molecule has 0 saturated carbocycles.